The van der Waals surface area contributed by atoms with Crippen molar-refractivity contribution < 1.29 is 9.53 Å². The highest BCUT2D eigenvalue weighted by molar-refractivity contribution is 7.13. The number of morpholine rings is 1. The Morgan fingerprint density at radius 3 is 2.79 bits per heavy atom. The molecule has 6 rings (SSSR count). The minimum Gasteiger partial charge on any atom is -0.370 e. The number of hydrogen-bond acceptors (Lipinski definition) is 6. The van der Waals surface area contributed by atoms with Gasteiger partial charge in [0.25, 0.3) is 11.5 Å². The zero-order valence-electron chi connectivity index (χ0n) is 18.4. The molecule has 0 bridgehead atoms. The van der Waals surface area contributed by atoms with Crippen molar-refractivity contribution in [2.24, 2.45) is 0 Å². The van der Waals surface area contributed by atoms with E-state index in [1.165, 1.54) is 11.3 Å². The van der Waals surface area contributed by atoms with Gasteiger partial charge in [0, 0.05) is 12.1 Å². The van der Waals surface area contributed by atoms with E-state index in [1.54, 1.807) is 10.5 Å². The Hall–Kier alpha value is -3.82. The van der Waals surface area contributed by atoms with Crippen LogP contribution in [0.2, 0.25) is 0 Å². The van der Waals surface area contributed by atoms with Crippen molar-refractivity contribution in [1.82, 2.24) is 24.5 Å². The molecular formula is C25H21N5O3S. The molecule has 1 unspecified atom stereocenters. The molecule has 1 atom stereocenters. The number of carbonyl (C=O) groups excluding carboxylic acids is 1. The highest BCUT2D eigenvalue weighted by Crippen LogP contribution is 2.28. The molecule has 0 saturated carbocycles. The number of rotatable bonds is 3. The second-order valence-electron chi connectivity index (χ2n) is 8.32. The van der Waals surface area contributed by atoms with Crippen molar-refractivity contribution >= 4 is 33.9 Å². The van der Waals surface area contributed by atoms with Crippen molar-refractivity contribution in [3.8, 4) is 10.7 Å². The summed E-state index contributed by atoms with van der Waals surface area (Å²) in [6, 6.07) is 17.5. The Labute approximate surface area is 198 Å². The second kappa shape index (κ2) is 8.19. The average Bonchev–Trinajstić information content (AvgIpc) is 3.55. The maximum absolute atomic E-state index is 13.5. The first kappa shape index (κ1) is 20.8. The number of nitrogens with one attached hydrogen (secondary N) is 1. The van der Waals surface area contributed by atoms with Gasteiger partial charge < -0.3 is 14.6 Å². The van der Waals surface area contributed by atoms with Crippen LogP contribution in [0.25, 0.3) is 27.4 Å². The van der Waals surface area contributed by atoms with E-state index >= 15 is 0 Å². The van der Waals surface area contributed by atoms with E-state index < -0.39 is 0 Å². The molecule has 1 saturated heterocycles. The number of nitrogens with zero attached hydrogens (tertiary/aromatic N) is 4. The number of benzene rings is 2. The van der Waals surface area contributed by atoms with Gasteiger partial charge in [0.2, 0.25) is 5.65 Å². The van der Waals surface area contributed by atoms with Crippen LogP contribution >= 0.6 is 11.3 Å². The molecule has 3 aromatic heterocycles. The molecule has 1 amide bonds. The molecule has 1 N–H and O–H groups in total. The van der Waals surface area contributed by atoms with Crippen molar-refractivity contribution in [1.29, 1.82) is 0 Å². The Bertz CT molecular complexity index is 1570. The molecule has 0 spiro atoms. The van der Waals surface area contributed by atoms with Gasteiger partial charge >= 0.3 is 0 Å². The molecule has 1 fully saturated rings. The van der Waals surface area contributed by atoms with Crippen molar-refractivity contribution in [2.45, 2.75) is 13.0 Å². The molecule has 4 heterocycles. The van der Waals surface area contributed by atoms with Crippen LogP contribution in [0.5, 0.6) is 0 Å². The van der Waals surface area contributed by atoms with Gasteiger partial charge in [-0.2, -0.15) is 0 Å². The quantitative estimate of drug-likeness (QED) is 0.432. The number of H-pyrrole nitrogens is 1. The molecular weight excluding hydrogens is 450 g/mol. The number of thiophene rings is 1. The number of carbonyl (C=O) groups is 1. The topological polar surface area (TPSA) is 92.6 Å². The smallest absolute Gasteiger partial charge is 0.294 e. The number of aromatic amines is 1. The van der Waals surface area contributed by atoms with Gasteiger partial charge in [0.15, 0.2) is 5.82 Å². The number of aryl methyl sites for hydroxylation is 1. The SMILES string of the molecule is Cc1cc2c(cc1C(=O)N1CCOC(c3ccccc3)C1)[nH]c(=O)c1nnc(-c3cccs3)n12. The third-order valence-corrected chi connectivity index (χ3v) is 7.06. The van der Waals surface area contributed by atoms with Crippen molar-refractivity contribution in [2.75, 3.05) is 19.7 Å². The van der Waals surface area contributed by atoms with Gasteiger partial charge in [-0.3, -0.25) is 14.0 Å². The fourth-order valence-corrected chi connectivity index (χ4v) is 5.18. The number of aromatic nitrogens is 4. The van der Waals surface area contributed by atoms with Crippen molar-refractivity contribution in [3.63, 3.8) is 0 Å². The standard InChI is InChI=1S/C25H21N5O3S/c1-15-12-19-18(26-24(31)23-28-27-22(30(19)23)21-8-5-11-34-21)13-17(15)25(32)29-9-10-33-20(14-29)16-6-3-2-4-7-16/h2-8,11-13,20H,9-10,14H2,1H3,(H,26,31). The summed E-state index contributed by atoms with van der Waals surface area (Å²) < 4.78 is 7.69. The Morgan fingerprint density at radius 1 is 1.15 bits per heavy atom. The van der Waals surface area contributed by atoms with Crippen LogP contribution in [-0.4, -0.2) is 50.1 Å². The fraction of sp³-hybridized carbons (Fsp3) is 0.200. The first-order chi connectivity index (χ1) is 16.6. The molecule has 9 heteroatoms. The number of hydrogen-bond donors (Lipinski definition) is 1. The summed E-state index contributed by atoms with van der Waals surface area (Å²) in [6.45, 7) is 3.38. The van der Waals surface area contributed by atoms with Gasteiger partial charge in [-0.15, -0.1) is 21.5 Å². The fourth-order valence-electron chi connectivity index (χ4n) is 4.48. The highest BCUT2D eigenvalue weighted by atomic mass is 32.1. The lowest BCUT2D eigenvalue weighted by Gasteiger charge is -2.33. The van der Waals surface area contributed by atoms with Gasteiger partial charge in [0.1, 0.15) is 6.10 Å². The normalized spacial score (nSPS) is 16.4. The first-order valence-electron chi connectivity index (χ1n) is 11.0. The van der Waals surface area contributed by atoms with E-state index in [4.69, 9.17) is 4.74 Å². The van der Waals surface area contributed by atoms with E-state index in [0.29, 0.717) is 36.6 Å². The van der Waals surface area contributed by atoms with Crippen LogP contribution in [0.1, 0.15) is 27.6 Å². The predicted molar refractivity (Wildman–Crippen MR) is 130 cm³/mol. The molecule has 1 aliphatic heterocycles. The largest absolute Gasteiger partial charge is 0.370 e. The third kappa shape index (κ3) is 3.41. The third-order valence-electron chi connectivity index (χ3n) is 6.19. The van der Waals surface area contributed by atoms with Crippen LogP contribution in [0.15, 0.2) is 64.8 Å². The maximum Gasteiger partial charge on any atom is 0.294 e. The summed E-state index contributed by atoms with van der Waals surface area (Å²) in [5.41, 5.74) is 3.63. The van der Waals surface area contributed by atoms with Gasteiger partial charge in [-0.05, 0) is 41.6 Å². The van der Waals surface area contributed by atoms with E-state index in [2.05, 4.69) is 15.2 Å². The zero-order chi connectivity index (χ0) is 23.2. The molecule has 8 nitrogen and oxygen atoms in total. The monoisotopic (exact) mass is 471 g/mol. The molecule has 0 radical (unpaired) electrons. The number of ether oxygens (including phenoxy) is 1. The van der Waals surface area contributed by atoms with Crippen molar-refractivity contribution in [3.05, 3.63) is 87.0 Å². The van der Waals surface area contributed by atoms with Crippen LogP contribution in [0.3, 0.4) is 0 Å². The first-order valence-corrected chi connectivity index (χ1v) is 11.9. The van der Waals surface area contributed by atoms with E-state index in [0.717, 1.165) is 21.5 Å². The summed E-state index contributed by atoms with van der Waals surface area (Å²) in [6.07, 6.45) is -0.163. The van der Waals surface area contributed by atoms with Gasteiger partial charge in [-0.1, -0.05) is 36.4 Å². The van der Waals surface area contributed by atoms with Crippen LogP contribution in [-0.2, 0) is 4.74 Å². The summed E-state index contributed by atoms with van der Waals surface area (Å²) in [5, 5.41) is 10.3. The lowest BCUT2D eigenvalue weighted by atomic mass is 10.0. The lowest BCUT2D eigenvalue weighted by Crippen LogP contribution is -2.42. The molecule has 34 heavy (non-hydrogen) atoms. The van der Waals surface area contributed by atoms with E-state index in [-0.39, 0.29) is 23.2 Å². The zero-order valence-corrected chi connectivity index (χ0v) is 19.2. The Kier molecular flexibility index (Phi) is 5.00. The Balaban J connectivity index is 1.41. The molecule has 2 aromatic carbocycles. The minimum atomic E-state index is -0.347. The average molecular weight is 472 g/mol. The van der Waals surface area contributed by atoms with Gasteiger partial charge in [0.05, 0.1) is 29.1 Å². The van der Waals surface area contributed by atoms with E-state index in [1.807, 2.05) is 65.7 Å². The summed E-state index contributed by atoms with van der Waals surface area (Å²) >= 11 is 1.53. The number of fused-ring (bicyclic) bond motifs is 3. The maximum atomic E-state index is 13.5. The summed E-state index contributed by atoms with van der Waals surface area (Å²) in [4.78, 5) is 31.9. The summed E-state index contributed by atoms with van der Waals surface area (Å²) in [7, 11) is 0. The number of amides is 1. The van der Waals surface area contributed by atoms with Crippen LogP contribution < -0.4 is 5.56 Å². The van der Waals surface area contributed by atoms with Crippen LogP contribution in [0.4, 0.5) is 0 Å². The molecule has 1 aliphatic rings. The predicted octanol–water partition coefficient (Wildman–Crippen LogP) is 3.82. The summed E-state index contributed by atoms with van der Waals surface area (Å²) in [5.74, 6) is 0.533. The van der Waals surface area contributed by atoms with Gasteiger partial charge in [-0.25, -0.2) is 0 Å². The second-order valence-corrected chi connectivity index (χ2v) is 9.27. The molecule has 170 valence electrons. The molecule has 5 aromatic rings. The lowest BCUT2D eigenvalue weighted by molar-refractivity contribution is -0.0228. The molecule has 0 aliphatic carbocycles. The Morgan fingerprint density at radius 2 is 2.00 bits per heavy atom. The minimum absolute atomic E-state index is 0.0770. The van der Waals surface area contributed by atoms with E-state index in [9.17, 15) is 9.59 Å². The van der Waals surface area contributed by atoms with Crippen LogP contribution in [0, 0.1) is 6.92 Å². The highest BCUT2D eigenvalue weighted by Gasteiger charge is 2.27.